The first kappa shape index (κ1) is 10.4. The molecule has 0 aromatic heterocycles. The van der Waals surface area contributed by atoms with Gasteiger partial charge in [-0.1, -0.05) is 0 Å². The Morgan fingerprint density at radius 1 is 1.67 bits per heavy atom. The average Bonchev–Trinajstić information content (AvgIpc) is 2.29. The van der Waals surface area contributed by atoms with Gasteiger partial charge in [-0.15, -0.1) is 0 Å². The Kier molecular flexibility index (Phi) is 3.94. The molecule has 0 bridgehead atoms. The van der Waals surface area contributed by atoms with E-state index in [-0.39, 0.29) is 24.3 Å². The van der Waals surface area contributed by atoms with Gasteiger partial charge in [-0.2, -0.15) is 12.6 Å². The van der Waals surface area contributed by atoms with Crippen molar-refractivity contribution in [1.82, 2.24) is 0 Å². The third kappa shape index (κ3) is 2.68. The quantitative estimate of drug-likeness (QED) is 0.523. The number of hydrogen-bond donors (Lipinski definition) is 1. The zero-order valence-electron chi connectivity index (χ0n) is 7.56. The normalized spacial score (nSPS) is 36.2. The summed E-state index contributed by atoms with van der Waals surface area (Å²) in [5.74, 6) is 0.672. The Morgan fingerprint density at radius 3 is 2.83 bits per heavy atom. The van der Waals surface area contributed by atoms with Crippen molar-refractivity contribution >= 4 is 20.5 Å². The summed E-state index contributed by atoms with van der Waals surface area (Å²) in [4.78, 5) is 0. The molecule has 0 aromatic carbocycles. The molecule has 68 valence electrons. The first-order chi connectivity index (χ1) is 5.63. The van der Waals surface area contributed by atoms with Gasteiger partial charge in [0, 0.05) is 11.8 Å². The fraction of sp³-hybridized carbons (Fsp3) is 1.00. The van der Waals surface area contributed by atoms with Crippen LogP contribution in [0.2, 0.25) is 0 Å². The van der Waals surface area contributed by atoms with Crippen LogP contribution in [0.4, 0.5) is 0 Å². The van der Waals surface area contributed by atoms with Crippen molar-refractivity contribution in [3.8, 4) is 0 Å². The number of hydrogen-bond acceptors (Lipinski definition) is 3. The van der Waals surface area contributed by atoms with E-state index in [1.165, 1.54) is 0 Å². The van der Waals surface area contributed by atoms with E-state index in [9.17, 15) is 0 Å². The molecule has 1 rings (SSSR count). The molecule has 1 fully saturated rings. The summed E-state index contributed by atoms with van der Waals surface area (Å²) in [5, 5.41) is 0. The van der Waals surface area contributed by atoms with Gasteiger partial charge in [0.15, 0.2) is 0 Å². The molecule has 3 atom stereocenters. The van der Waals surface area contributed by atoms with Gasteiger partial charge in [0.1, 0.15) is 7.85 Å². The number of rotatable bonds is 3. The van der Waals surface area contributed by atoms with Crippen molar-refractivity contribution in [2.45, 2.75) is 44.6 Å². The molecule has 0 aliphatic carbocycles. The molecule has 0 N–H and O–H groups in total. The van der Waals surface area contributed by atoms with Crippen LogP contribution >= 0.6 is 12.6 Å². The van der Waals surface area contributed by atoms with Gasteiger partial charge in [0.05, 0.1) is 18.3 Å². The highest BCUT2D eigenvalue weighted by Crippen LogP contribution is 2.23. The molecular formula is C8H15BO2S. The number of thiol groups is 1. The molecule has 2 radical (unpaired) electrons. The molecule has 1 aliphatic rings. The van der Waals surface area contributed by atoms with Crippen LogP contribution in [0.25, 0.3) is 0 Å². The van der Waals surface area contributed by atoms with Crippen LogP contribution in [-0.4, -0.2) is 37.9 Å². The molecule has 12 heavy (non-hydrogen) atoms. The van der Waals surface area contributed by atoms with E-state index in [1.807, 2.05) is 13.8 Å². The maximum atomic E-state index is 5.63. The predicted octanol–water partition coefficient (Wildman–Crippen LogP) is 0.993. The fourth-order valence-electron chi connectivity index (χ4n) is 1.40. The fourth-order valence-corrected chi connectivity index (χ4v) is 1.72. The minimum atomic E-state index is -0.175. The molecule has 1 heterocycles. The van der Waals surface area contributed by atoms with Crippen molar-refractivity contribution in [3.63, 3.8) is 0 Å². The Morgan fingerprint density at radius 2 is 2.33 bits per heavy atom. The lowest BCUT2D eigenvalue weighted by Gasteiger charge is -2.19. The summed E-state index contributed by atoms with van der Waals surface area (Å²) in [6.45, 7) is 4.03. The Hall–Kier alpha value is 0.335. The molecule has 0 saturated carbocycles. The minimum Gasteiger partial charge on any atom is -0.381 e. The van der Waals surface area contributed by atoms with E-state index in [1.54, 1.807) is 0 Å². The maximum absolute atomic E-state index is 5.63. The highest BCUT2D eigenvalue weighted by molar-refractivity contribution is 7.80. The zero-order valence-corrected chi connectivity index (χ0v) is 8.46. The van der Waals surface area contributed by atoms with Crippen LogP contribution < -0.4 is 0 Å². The van der Waals surface area contributed by atoms with Crippen molar-refractivity contribution in [1.29, 1.82) is 0 Å². The highest BCUT2D eigenvalue weighted by atomic mass is 32.1. The standard InChI is InChI=1S/C8H15BO2S/c1-5(2)10-6-3-8(9)11-7(6)4-12/h5-8,12H,3-4H2,1-2H3/t6?,7-,8-/m1/s1. The van der Waals surface area contributed by atoms with Gasteiger partial charge >= 0.3 is 0 Å². The largest absolute Gasteiger partial charge is 0.381 e. The lowest BCUT2D eigenvalue weighted by molar-refractivity contribution is -0.0305. The Balaban J connectivity index is 2.40. The first-order valence-corrected chi connectivity index (χ1v) is 4.94. The summed E-state index contributed by atoms with van der Waals surface area (Å²) in [7, 11) is 5.63. The molecule has 1 saturated heterocycles. The van der Waals surface area contributed by atoms with E-state index >= 15 is 0 Å². The second kappa shape index (κ2) is 4.54. The van der Waals surface area contributed by atoms with Crippen LogP contribution in [0.5, 0.6) is 0 Å². The topological polar surface area (TPSA) is 18.5 Å². The summed E-state index contributed by atoms with van der Waals surface area (Å²) in [5.41, 5.74) is 0. The van der Waals surface area contributed by atoms with Crippen LogP contribution in [0.3, 0.4) is 0 Å². The van der Waals surface area contributed by atoms with E-state index in [0.717, 1.165) is 6.42 Å². The van der Waals surface area contributed by atoms with Crippen LogP contribution in [0.1, 0.15) is 20.3 Å². The number of ether oxygens (including phenoxy) is 2. The van der Waals surface area contributed by atoms with Gasteiger partial charge in [-0.05, 0) is 20.3 Å². The van der Waals surface area contributed by atoms with Crippen LogP contribution in [-0.2, 0) is 9.47 Å². The Bertz CT molecular complexity index is 143. The minimum absolute atomic E-state index is 0.0609. The average molecular weight is 186 g/mol. The smallest absolute Gasteiger partial charge is 0.109 e. The summed E-state index contributed by atoms with van der Waals surface area (Å²) in [6, 6.07) is -0.175. The van der Waals surface area contributed by atoms with E-state index in [2.05, 4.69) is 12.6 Å². The molecule has 0 amide bonds. The maximum Gasteiger partial charge on any atom is 0.109 e. The molecule has 1 unspecified atom stereocenters. The zero-order chi connectivity index (χ0) is 9.14. The molecule has 2 nitrogen and oxygen atoms in total. The van der Waals surface area contributed by atoms with E-state index in [0.29, 0.717) is 5.75 Å². The second-order valence-electron chi connectivity index (χ2n) is 3.35. The van der Waals surface area contributed by atoms with Crippen molar-refractivity contribution in [3.05, 3.63) is 0 Å². The first-order valence-electron chi connectivity index (χ1n) is 4.31. The van der Waals surface area contributed by atoms with Gasteiger partial charge in [0.2, 0.25) is 0 Å². The Labute approximate surface area is 80.8 Å². The summed E-state index contributed by atoms with van der Waals surface area (Å²) >= 11 is 4.18. The SMILES string of the molecule is [B][C@H]1CC(OC(C)C)[C@@H](CS)O1. The molecule has 4 heteroatoms. The van der Waals surface area contributed by atoms with Crippen molar-refractivity contribution in [2.24, 2.45) is 0 Å². The lowest BCUT2D eigenvalue weighted by Crippen LogP contribution is -2.28. The summed E-state index contributed by atoms with van der Waals surface area (Å²) < 4.78 is 11.0. The van der Waals surface area contributed by atoms with Gasteiger partial charge in [-0.3, -0.25) is 0 Å². The molecule has 1 aliphatic heterocycles. The van der Waals surface area contributed by atoms with Crippen LogP contribution in [0, 0.1) is 0 Å². The molecular weight excluding hydrogens is 171 g/mol. The van der Waals surface area contributed by atoms with Gasteiger partial charge < -0.3 is 9.47 Å². The molecule has 0 aromatic rings. The van der Waals surface area contributed by atoms with Crippen LogP contribution in [0.15, 0.2) is 0 Å². The highest BCUT2D eigenvalue weighted by Gasteiger charge is 2.32. The van der Waals surface area contributed by atoms with Gasteiger partial charge in [-0.25, -0.2) is 0 Å². The van der Waals surface area contributed by atoms with E-state index in [4.69, 9.17) is 17.3 Å². The third-order valence-corrected chi connectivity index (χ3v) is 2.22. The van der Waals surface area contributed by atoms with Gasteiger partial charge in [0.25, 0.3) is 0 Å². The van der Waals surface area contributed by atoms with E-state index < -0.39 is 0 Å². The monoisotopic (exact) mass is 186 g/mol. The third-order valence-electron chi connectivity index (χ3n) is 1.86. The second-order valence-corrected chi connectivity index (χ2v) is 3.72. The lowest BCUT2D eigenvalue weighted by atomic mass is 9.96. The van der Waals surface area contributed by atoms with Crippen molar-refractivity contribution in [2.75, 3.05) is 5.75 Å². The molecule has 0 spiro atoms. The van der Waals surface area contributed by atoms with Crippen molar-refractivity contribution < 1.29 is 9.47 Å². The summed E-state index contributed by atoms with van der Waals surface area (Å²) in [6.07, 6.45) is 1.19. The predicted molar refractivity (Wildman–Crippen MR) is 52.9 cm³/mol.